The van der Waals surface area contributed by atoms with Gasteiger partial charge in [0.25, 0.3) is 0 Å². The predicted molar refractivity (Wildman–Crippen MR) is 103 cm³/mol. The number of nitrogens with zero attached hydrogens (tertiary/aromatic N) is 2. The van der Waals surface area contributed by atoms with Crippen LogP contribution in [0.4, 0.5) is 23.0 Å². The molecule has 0 atom stereocenters. The number of hydrogen-bond acceptors (Lipinski definition) is 5. The molecule has 0 unspecified atom stereocenters. The Hall–Kier alpha value is -2.83. The first kappa shape index (κ1) is 18.0. The summed E-state index contributed by atoms with van der Waals surface area (Å²) < 4.78 is 0. The molecule has 0 bridgehead atoms. The zero-order chi connectivity index (χ0) is 18.7. The lowest BCUT2D eigenvalue weighted by Gasteiger charge is -2.11. The van der Waals surface area contributed by atoms with Crippen LogP contribution in [0.1, 0.15) is 16.2 Å². The topological polar surface area (TPSA) is 87.1 Å². The van der Waals surface area contributed by atoms with E-state index in [0.29, 0.717) is 38.9 Å². The van der Waals surface area contributed by atoms with Crippen molar-refractivity contribution in [1.82, 2.24) is 9.97 Å². The molecular weight excluding hydrogens is 375 g/mol. The Bertz CT molecular complexity index is 962. The Balaban J connectivity index is 1.82. The average molecular weight is 389 g/mol. The molecule has 0 amide bonds. The molecule has 8 heteroatoms. The fourth-order valence-electron chi connectivity index (χ4n) is 2.27. The van der Waals surface area contributed by atoms with E-state index in [1.54, 1.807) is 43.3 Å². The van der Waals surface area contributed by atoms with Gasteiger partial charge in [-0.1, -0.05) is 23.2 Å². The van der Waals surface area contributed by atoms with Crippen LogP contribution in [-0.4, -0.2) is 21.0 Å². The molecule has 3 N–H and O–H groups in total. The molecule has 0 fully saturated rings. The highest BCUT2D eigenvalue weighted by Gasteiger charge is 2.07. The van der Waals surface area contributed by atoms with E-state index < -0.39 is 5.97 Å². The highest BCUT2D eigenvalue weighted by atomic mass is 35.5. The summed E-state index contributed by atoms with van der Waals surface area (Å²) in [5.74, 6) is 0.713. The Morgan fingerprint density at radius 2 is 1.62 bits per heavy atom. The lowest BCUT2D eigenvalue weighted by molar-refractivity contribution is 0.0697. The van der Waals surface area contributed by atoms with E-state index in [9.17, 15) is 4.79 Å². The third kappa shape index (κ3) is 4.41. The van der Waals surface area contributed by atoms with Crippen molar-refractivity contribution in [3.05, 3.63) is 70.0 Å². The maximum atomic E-state index is 10.9. The minimum absolute atomic E-state index is 0.217. The number of carboxylic acid groups (broad SMARTS) is 1. The van der Waals surface area contributed by atoms with Crippen molar-refractivity contribution in [2.24, 2.45) is 0 Å². The van der Waals surface area contributed by atoms with Crippen LogP contribution in [0.15, 0.2) is 48.5 Å². The average Bonchev–Trinajstić information content (AvgIpc) is 2.57. The number of aromatic nitrogens is 2. The maximum absolute atomic E-state index is 10.9. The van der Waals surface area contributed by atoms with E-state index in [1.807, 2.05) is 0 Å². The van der Waals surface area contributed by atoms with E-state index >= 15 is 0 Å². The quantitative estimate of drug-likeness (QED) is 0.551. The highest BCUT2D eigenvalue weighted by Crippen LogP contribution is 2.28. The number of halogens is 2. The molecule has 0 radical (unpaired) electrons. The fourth-order valence-corrected chi connectivity index (χ4v) is 2.72. The second-order valence-corrected chi connectivity index (χ2v) is 6.29. The van der Waals surface area contributed by atoms with E-state index in [0.717, 1.165) is 0 Å². The monoisotopic (exact) mass is 388 g/mol. The Labute approximate surface area is 159 Å². The molecule has 0 spiro atoms. The Morgan fingerprint density at radius 1 is 0.962 bits per heavy atom. The van der Waals surface area contributed by atoms with Crippen LogP contribution in [-0.2, 0) is 0 Å². The van der Waals surface area contributed by atoms with Crippen LogP contribution >= 0.6 is 23.2 Å². The number of anilines is 4. The second-order valence-electron chi connectivity index (χ2n) is 5.44. The number of aromatic carboxylic acids is 1. The standard InChI is InChI=1S/C18H14Cl2N4O2/c1-10-21-16(23-13-5-2-11(3-6-13)18(25)26)9-17(22-10)24-15-7-4-12(19)8-14(15)20/h2-9H,1H3,(H,25,26)(H2,21,22,23,24). The third-order valence-electron chi connectivity index (χ3n) is 3.44. The molecule has 0 saturated carbocycles. The van der Waals surface area contributed by atoms with Gasteiger partial charge < -0.3 is 15.7 Å². The van der Waals surface area contributed by atoms with Crippen LogP contribution in [0.5, 0.6) is 0 Å². The SMILES string of the molecule is Cc1nc(Nc2ccc(C(=O)O)cc2)cc(Nc2ccc(Cl)cc2Cl)n1. The van der Waals surface area contributed by atoms with Crippen LogP contribution in [0.3, 0.4) is 0 Å². The molecule has 26 heavy (non-hydrogen) atoms. The normalized spacial score (nSPS) is 10.4. The minimum Gasteiger partial charge on any atom is -0.478 e. The summed E-state index contributed by atoms with van der Waals surface area (Å²) in [7, 11) is 0. The predicted octanol–water partition coefficient (Wildman–Crippen LogP) is 5.28. The molecule has 132 valence electrons. The lowest BCUT2D eigenvalue weighted by atomic mass is 10.2. The van der Waals surface area contributed by atoms with E-state index in [2.05, 4.69) is 20.6 Å². The summed E-state index contributed by atoms with van der Waals surface area (Å²) in [6.07, 6.45) is 0. The Kier molecular flexibility index (Phi) is 5.25. The van der Waals surface area contributed by atoms with Crippen molar-refractivity contribution in [3.63, 3.8) is 0 Å². The summed E-state index contributed by atoms with van der Waals surface area (Å²) in [5.41, 5.74) is 1.60. The molecule has 1 heterocycles. The van der Waals surface area contributed by atoms with Gasteiger partial charge in [0, 0.05) is 16.8 Å². The first-order valence-electron chi connectivity index (χ1n) is 7.59. The molecule has 0 aliphatic carbocycles. The van der Waals surface area contributed by atoms with Gasteiger partial charge in [-0.25, -0.2) is 14.8 Å². The fraction of sp³-hybridized carbons (Fsp3) is 0.0556. The van der Waals surface area contributed by atoms with Gasteiger partial charge in [-0.2, -0.15) is 0 Å². The van der Waals surface area contributed by atoms with Gasteiger partial charge in [0.15, 0.2) is 0 Å². The summed E-state index contributed by atoms with van der Waals surface area (Å²) >= 11 is 12.1. The van der Waals surface area contributed by atoms with E-state index in [1.165, 1.54) is 12.1 Å². The summed E-state index contributed by atoms with van der Waals surface area (Å²) in [6.45, 7) is 1.77. The zero-order valence-corrected chi connectivity index (χ0v) is 15.1. The number of aryl methyl sites for hydroxylation is 1. The zero-order valence-electron chi connectivity index (χ0n) is 13.6. The van der Waals surface area contributed by atoms with Crippen molar-refractivity contribution in [1.29, 1.82) is 0 Å². The molecule has 0 aliphatic heterocycles. The van der Waals surface area contributed by atoms with Gasteiger partial charge >= 0.3 is 5.97 Å². The summed E-state index contributed by atoms with van der Waals surface area (Å²) in [6, 6.07) is 13.2. The van der Waals surface area contributed by atoms with Crippen molar-refractivity contribution >= 4 is 52.2 Å². The largest absolute Gasteiger partial charge is 0.478 e. The number of rotatable bonds is 5. The molecular formula is C18H14Cl2N4O2. The van der Waals surface area contributed by atoms with Crippen molar-refractivity contribution < 1.29 is 9.90 Å². The Morgan fingerprint density at radius 3 is 2.23 bits per heavy atom. The molecule has 1 aromatic heterocycles. The van der Waals surface area contributed by atoms with Crippen LogP contribution in [0.2, 0.25) is 10.0 Å². The first-order chi connectivity index (χ1) is 12.4. The van der Waals surface area contributed by atoms with Gasteiger partial charge in [0.05, 0.1) is 16.3 Å². The van der Waals surface area contributed by atoms with Crippen molar-refractivity contribution in [3.8, 4) is 0 Å². The third-order valence-corrected chi connectivity index (χ3v) is 3.98. The smallest absolute Gasteiger partial charge is 0.335 e. The van der Waals surface area contributed by atoms with Crippen LogP contribution < -0.4 is 10.6 Å². The summed E-state index contributed by atoms with van der Waals surface area (Å²) in [4.78, 5) is 19.6. The van der Waals surface area contributed by atoms with Crippen LogP contribution in [0.25, 0.3) is 0 Å². The number of hydrogen-bond donors (Lipinski definition) is 3. The van der Waals surface area contributed by atoms with Gasteiger partial charge in [0.1, 0.15) is 17.5 Å². The van der Waals surface area contributed by atoms with E-state index in [-0.39, 0.29) is 5.56 Å². The van der Waals surface area contributed by atoms with Crippen molar-refractivity contribution in [2.45, 2.75) is 6.92 Å². The minimum atomic E-state index is -0.972. The maximum Gasteiger partial charge on any atom is 0.335 e. The molecule has 0 aliphatic rings. The van der Waals surface area contributed by atoms with E-state index in [4.69, 9.17) is 28.3 Å². The molecule has 3 rings (SSSR count). The highest BCUT2D eigenvalue weighted by molar-refractivity contribution is 6.36. The molecule has 0 saturated heterocycles. The number of carboxylic acids is 1. The number of nitrogens with one attached hydrogen (secondary N) is 2. The lowest BCUT2D eigenvalue weighted by Crippen LogP contribution is -2.02. The number of carbonyl (C=O) groups is 1. The van der Waals surface area contributed by atoms with Gasteiger partial charge in [-0.05, 0) is 49.4 Å². The second kappa shape index (κ2) is 7.59. The number of benzene rings is 2. The van der Waals surface area contributed by atoms with Gasteiger partial charge in [0.2, 0.25) is 0 Å². The molecule has 6 nitrogen and oxygen atoms in total. The van der Waals surface area contributed by atoms with Gasteiger partial charge in [-0.15, -0.1) is 0 Å². The van der Waals surface area contributed by atoms with Gasteiger partial charge in [-0.3, -0.25) is 0 Å². The van der Waals surface area contributed by atoms with Crippen LogP contribution in [0, 0.1) is 6.92 Å². The first-order valence-corrected chi connectivity index (χ1v) is 8.34. The van der Waals surface area contributed by atoms with Crippen molar-refractivity contribution in [2.75, 3.05) is 10.6 Å². The summed E-state index contributed by atoms with van der Waals surface area (Å²) in [5, 5.41) is 16.2. The molecule has 2 aromatic carbocycles. The molecule has 3 aromatic rings.